The van der Waals surface area contributed by atoms with Gasteiger partial charge in [0.1, 0.15) is 0 Å². The Kier molecular flexibility index (Phi) is 4.14. The highest BCUT2D eigenvalue weighted by atomic mass is 35.5. The maximum Gasteiger partial charge on any atom is 0.0641 e. The van der Waals surface area contributed by atoms with Crippen LogP contribution in [0.1, 0.15) is 35.6 Å². The highest BCUT2D eigenvalue weighted by Crippen LogP contribution is 2.44. The summed E-state index contributed by atoms with van der Waals surface area (Å²) in [4.78, 5) is 0. The standard InChI is InChI=1S/C18H19Cl2N/c1-11-3-5-13(6-4-11)18(14-7-8-14)21-17-10-15(19)12(2)9-16(17)20/h3-6,9-10,14,18,21H,7-8H2,1-2H3. The molecular weight excluding hydrogens is 301 g/mol. The van der Waals surface area contributed by atoms with Crippen molar-refractivity contribution in [3.8, 4) is 0 Å². The van der Waals surface area contributed by atoms with Crippen molar-refractivity contribution in [2.45, 2.75) is 32.7 Å². The molecule has 1 saturated carbocycles. The van der Waals surface area contributed by atoms with Crippen LogP contribution >= 0.6 is 23.2 Å². The Balaban J connectivity index is 1.89. The van der Waals surface area contributed by atoms with Gasteiger partial charge in [-0.25, -0.2) is 0 Å². The molecule has 0 amide bonds. The topological polar surface area (TPSA) is 12.0 Å². The summed E-state index contributed by atoms with van der Waals surface area (Å²) in [6.07, 6.45) is 2.53. The molecule has 0 radical (unpaired) electrons. The first-order chi connectivity index (χ1) is 10.0. The molecule has 110 valence electrons. The molecule has 21 heavy (non-hydrogen) atoms. The van der Waals surface area contributed by atoms with Gasteiger partial charge in [-0.1, -0.05) is 53.0 Å². The third-order valence-corrected chi connectivity index (χ3v) is 4.81. The SMILES string of the molecule is Cc1ccc(C(Nc2cc(Cl)c(C)cc2Cl)C2CC2)cc1. The Bertz CT molecular complexity index is 645. The van der Waals surface area contributed by atoms with Crippen molar-refractivity contribution < 1.29 is 0 Å². The van der Waals surface area contributed by atoms with Gasteiger partial charge in [0, 0.05) is 5.02 Å². The van der Waals surface area contributed by atoms with Crippen LogP contribution in [0.5, 0.6) is 0 Å². The molecule has 0 spiro atoms. The molecule has 1 nitrogen and oxygen atoms in total. The molecule has 3 heteroatoms. The average molecular weight is 320 g/mol. The molecule has 1 unspecified atom stereocenters. The molecule has 1 atom stereocenters. The monoisotopic (exact) mass is 319 g/mol. The van der Waals surface area contributed by atoms with Crippen molar-refractivity contribution in [1.82, 2.24) is 0 Å². The summed E-state index contributed by atoms with van der Waals surface area (Å²) in [6, 6.07) is 12.9. The first-order valence-electron chi connectivity index (χ1n) is 7.33. The van der Waals surface area contributed by atoms with Crippen LogP contribution in [0.3, 0.4) is 0 Å². The number of halogens is 2. The number of rotatable bonds is 4. The van der Waals surface area contributed by atoms with E-state index in [9.17, 15) is 0 Å². The molecule has 2 aromatic carbocycles. The van der Waals surface area contributed by atoms with E-state index in [2.05, 4.69) is 36.5 Å². The van der Waals surface area contributed by atoms with Gasteiger partial charge in [-0.05, 0) is 55.9 Å². The molecule has 1 N–H and O–H groups in total. The number of hydrogen-bond donors (Lipinski definition) is 1. The van der Waals surface area contributed by atoms with Crippen LogP contribution in [-0.2, 0) is 0 Å². The van der Waals surface area contributed by atoms with E-state index in [-0.39, 0.29) is 0 Å². The second-order valence-corrected chi connectivity index (χ2v) is 6.77. The predicted octanol–water partition coefficient (Wildman–Crippen LogP) is 6.17. The Hall–Kier alpha value is -1.18. The largest absolute Gasteiger partial charge is 0.377 e. The Morgan fingerprint density at radius 2 is 1.67 bits per heavy atom. The van der Waals surface area contributed by atoms with Gasteiger partial charge < -0.3 is 5.32 Å². The molecule has 3 rings (SSSR count). The lowest BCUT2D eigenvalue weighted by atomic mass is 10.0. The number of hydrogen-bond acceptors (Lipinski definition) is 1. The summed E-state index contributed by atoms with van der Waals surface area (Å²) in [7, 11) is 0. The summed E-state index contributed by atoms with van der Waals surface area (Å²) >= 11 is 12.6. The van der Waals surface area contributed by atoms with Crippen LogP contribution in [0.15, 0.2) is 36.4 Å². The van der Waals surface area contributed by atoms with Gasteiger partial charge in [0.25, 0.3) is 0 Å². The second kappa shape index (κ2) is 5.90. The molecule has 1 fully saturated rings. The van der Waals surface area contributed by atoms with Crippen molar-refractivity contribution in [2.75, 3.05) is 5.32 Å². The second-order valence-electron chi connectivity index (χ2n) is 5.95. The van der Waals surface area contributed by atoms with Crippen LogP contribution < -0.4 is 5.32 Å². The molecule has 2 aromatic rings. The minimum Gasteiger partial charge on any atom is -0.377 e. The van der Waals surface area contributed by atoms with E-state index in [1.165, 1.54) is 24.0 Å². The van der Waals surface area contributed by atoms with Crippen LogP contribution in [0.2, 0.25) is 10.0 Å². The van der Waals surface area contributed by atoms with Gasteiger partial charge in [0.05, 0.1) is 16.8 Å². The maximum absolute atomic E-state index is 6.36. The summed E-state index contributed by atoms with van der Waals surface area (Å²) < 4.78 is 0. The van der Waals surface area contributed by atoms with E-state index >= 15 is 0 Å². The smallest absolute Gasteiger partial charge is 0.0641 e. The number of aryl methyl sites for hydroxylation is 2. The zero-order valence-electron chi connectivity index (χ0n) is 12.3. The third kappa shape index (κ3) is 3.36. The fourth-order valence-corrected chi connectivity index (χ4v) is 3.04. The summed E-state index contributed by atoms with van der Waals surface area (Å²) in [5.74, 6) is 0.684. The van der Waals surface area contributed by atoms with Crippen LogP contribution in [0, 0.1) is 19.8 Å². The van der Waals surface area contributed by atoms with Gasteiger partial charge in [-0.3, -0.25) is 0 Å². The van der Waals surface area contributed by atoms with Crippen LogP contribution in [0.4, 0.5) is 5.69 Å². The van der Waals surface area contributed by atoms with Crippen molar-refractivity contribution >= 4 is 28.9 Å². The van der Waals surface area contributed by atoms with Crippen LogP contribution in [-0.4, -0.2) is 0 Å². The highest BCUT2D eigenvalue weighted by molar-refractivity contribution is 6.35. The lowest BCUT2D eigenvalue weighted by Crippen LogP contribution is -2.13. The van der Waals surface area contributed by atoms with Crippen molar-refractivity contribution in [1.29, 1.82) is 0 Å². The zero-order valence-corrected chi connectivity index (χ0v) is 13.8. The summed E-state index contributed by atoms with van der Waals surface area (Å²) in [5, 5.41) is 5.08. The third-order valence-electron chi connectivity index (χ3n) is 4.09. The minimum atomic E-state index is 0.307. The lowest BCUT2D eigenvalue weighted by Gasteiger charge is -2.21. The Labute approximate surface area is 136 Å². The zero-order chi connectivity index (χ0) is 15.0. The van der Waals surface area contributed by atoms with Crippen molar-refractivity contribution in [3.05, 3.63) is 63.1 Å². The van der Waals surface area contributed by atoms with Crippen molar-refractivity contribution in [2.24, 2.45) is 5.92 Å². The Morgan fingerprint density at radius 1 is 1.00 bits per heavy atom. The molecule has 1 aliphatic carbocycles. The summed E-state index contributed by atoms with van der Waals surface area (Å²) in [5.41, 5.74) is 4.52. The van der Waals surface area contributed by atoms with E-state index in [4.69, 9.17) is 23.2 Å². The Morgan fingerprint density at radius 3 is 2.29 bits per heavy atom. The number of benzene rings is 2. The van der Waals surface area contributed by atoms with Gasteiger partial charge in [-0.15, -0.1) is 0 Å². The van der Waals surface area contributed by atoms with E-state index in [1.54, 1.807) is 0 Å². The van der Waals surface area contributed by atoms with E-state index in [0.717, 1.165) is 21.3 Å². The van der Waals surface area contributed by atoms with Crippen LogP contribution in [0.25, 0.3) is 0 Å². The fraction of sp³-hybridized carbons (Fsp3) is 0.333. The molecule has 0 bridgehead atoms. The maximum atomic E-state index is 6.36. The molecule has 0 aliphatic heterocycles. The predicted molar refractivity (Wildman–Crippen MR) is 91.5 cm³/mol. The van der Waals surface area contributed by atoms with Gasteiger partial charge in [0.2, 0.25) is 0 Å². The van der Waals surface area contributed by atoms with Gasteiger partial charge >= 0.3 is 0 Å². The summed E-state index contributed by atoms with van der Waals surface area (Å²) in [6.45, 7) is 4.08. The molecule has 0 aromatic heterocycles. The first kappa shape index (κ1) is 14.7. The van der Waals surface area contributed by atoms with Gasteiger partial charge in [0.15, 0.2) is 0 Å². The minimum absolute atomic E-state index is 0.307. The molecule has 1 aliphatic rings. The normalized spacial score (nSPS) is 15.8. The first-order valence-corrected chi connectivity index (χ1v) is 8.09. The van der Waals surface area contributed by atoms with E-state index in [0.29, 0.717) is 12.0 Å². The fourth-order valence-electron chi connectivity index (χ4n) is 2.60. The average Bonchev–Trinajstić information content (AvgIpc) is 3.27. The number of anilines is 1. The quantitative estimate of drug-likeness (QED) is 0.710. The van der Waals surface area contributed by atoms with Gasteiger partial charge in [-0.2, -0.15) is 0 Å². The molecule has 0 heterocycles. The lowest BCUT2D eigenvalue weighted by molar-refractivity contribution is 0.679. The number of nitrogens with one attached hydrogen (secondary N) is 1. The molecular formula is C18H19Cl2N. The highest BCUT2D eigenvalue weighted by Gasteiger charge is 2.32. The molecule has 0 saturated heterocycles. The van der Waals surface area contributed by atoms with Crippen molar-refractivity contribution in [3.63, 3.8) is 0 Å². The van der Waals surface area contributed by atoms with E-state index < -0.39 is 0 Å². The van der Waals surface area contributed by atoms with E-state index in [1.807, 2.05) is 19.1 Å².